The van der Waals surface area contributed by atoms with Crippen molar-refractivity contribution in [2.24, 2.45) is 0 Å². The lowest BCUT2D eigenvalue weighted by Gasteiger charge is -2.24. The molecule has 35 heavy (non-hydrogen) atoms. The van der Waals surface area contributed by atoms with Crippen LogP contribution in [0.4, 0.5) is 10.3 Å². The highest BCUT2D eigenvalue weighted by molar-refractivity contribution is 5.90. The van der Waals surface area contributed by atoms with E-state index in [1.165, 1.54) is 28.9 Å². The first kappa shape index (κ1) is 21.5. The van der Waals surface area contributed by atoms with Crippen molar-refractivity contribution in [1.29, 1.82) is 0 Å². The first-order valence-corrected chi connectivity index (χ1v) is 11.8. The predicted octanol–water partition coefficient (Wildman–Crippen LogP) is 4.91. The van der Waals surface area contributed by atoms with Crippen LogP contribution in [0.15, 0.2) is 42.9 Å². The Morgan fingerprint density at radius 1 is 1.20 bits per heavy atom. The number of hydrogen-bond donors (Lipinski definition) is 2. The second kappa shape index (κ2) is 8.33. The molecule has 1 aliphatic carbocycles. The average molecular weight is 472 g/mol. The summed E-state index contributed by atoms with van der Waals surface area (Å²) in [5, 5.41) is 9.38. The molecule has 0 saturated carbocycles. The van der Waals surface area contributed by atoms with Gasteiger partial charge in [0.25, 0.3) is 0 Å². The zero-order valence-corrected chi connectivity index (χ0v) is 19.8. The molecule has 6 rings (SSSR count). The van der Waals surface area contributed by atoms with Gasteiger partial charge in [-0.1, -0.05) is 26.0 Å². The minimum Gasteiger partial charge on any atom is -0.495 e. The van der Waals surface area contributed by atoms with Gasteiger partial charge in [0.15, 0.2) is 11.5 Å². The van der Waals surface area contributed by atoms with Crippen LogP contribution in [-0.2, 0) is 12.8 Å². The molecule has 0 saturated heterocycles. The molecule has 4 aromatic heterocycles. The van der Waals surface area contributed by atoms with Crippen LogP contribution in [0.3, 0.4) is 0 Å². The first-order chi connectivity index (χ1) is 17.0. The number of aryl methyl sites for hydroxylation is 1. The lowest BCUT2D eigenvalue weighted by Crippen LogP contribution is -2.29. The maximum Gasteiger partial charge on any atom is 0.228 e. The van der Waals surface area contributed by atoms with Gasteiger partial charge < -0.3 is 15.0 Å². The largest absolute Gasteiger partial charge is 0.495 e. The second-order valence-electron chi connectivity index (χ2n) is 9.30. The predicted molar refractivity (Wildman–Crippen MR) is 132 cm³/mol. The summed E-state index contributed by atoms with van der Waals surface area (Å²) in [7, 11) is 1.69. The van der Waals surface area contributed by atoms with Crippen molar-refractivity contribution in [2.45, 2.75) is 45.1 Å². The molecule has 0 amide bonds. The van der Waals surface area contributed by atoms with Gasteiger partial charge in [-0.05, 0) is 42.9 Å². The van der Waals surface area contributed by atoms with Crippen LogP contribution in [-0.4, -0.2) is 42.7 Å². The van der Waals surface area contributed by atoms with E-state index in [1.54, 1.807) is 17.8 Å². The minimum atomic E-state index is -0.423. The van der Waals surface area contributed by atoms with Gasteiger partial charge in [-0.2, -0.15) is 14.6 Å². The number of halogens is 1. The number of rotatable bonds is 5. The van der Waals surface area contributed by atoms with E-state index < -0.39 is 5.82 Å². The van der Waals surface area contributed by atoms with Crippen LogP contribution in [0.25, 0.3) is 27.9 Å². The van der Waals surface area contributed by atoms with Crippen molar-refractivity contribution < 1.29 is 9.13 Å². The molecule has 0 radical (unpaired) electrons. The molecule has 1 aromatic carbocycles. The number of pyridine rings is 1. The molecular weight excluding hydrogens is 445 g/mol. The highest BCUT2D eigenvalue weighted by atomic mass is 19.1. The molecule has 4 heterocycles. The van der Waals surface area contributed by atoms with Crippen LogP contribution < -0.4 is 10.1 Å². The van der Waals surface area contributed by atoms with E-state index in [0.29, 0.717) is 23.0 Å². The van der Waals surface area contributed by atoms with Crippen LogP contribution in [0.2, 0.25) is 0 Å². The Morgan fingerprint density at radius 2 is 2.09 bits per heavy atom. The second-order valence-corrected chi connectivity index (χ2v) is 9.30. The van der Waals surface area contributed by atoms with Crippen molar-refractivity contribution in [1.82, 2.24) is 29.5 Å². The zero-order valence-electron chi connectivity index (χ0n) is 19.8. The molecule has 0 unspecified atom stereocenters. The standard InChI is InChI=1S/C26H26FN7O/c1-14(2)20-13-29-34-25(20)32-24(15-9-16(27)12-28-11-15)33-26(34)30-17-7-8-21-19(10-17)18-5-4-6-22(35-3)23(18)31-21/h4-6,9,11-14,17,31H,7-8,10H2,1-3H3,(H,30,32,33)/t17-/m0/s1. The molecule has 1 atom stereocenters. The van der Waals surface area contributed by atoms with Gasteiger partial charge >= 0.3 is 0 Å². The quantitative estimate of drug-likeness (QED) is 0.378. The highest BCUT2D eigenvalue weighted by Gasteiger charge is 2.25. The van der Waals surface area contributed by atoms with Gasteiger partial charge in [0, 0.05) is 34.4 Å². The van der Waals surface area contributed by atoms with Crippen LogP contribution in [0, 0.1) is 5.82 Å². The van der Waals surface area contributed by atoms with Crippen LogP contribution in [0.1, 0.15) is 43.0 Å². The summed E-state index contributed by atoms with van der Waals surface area (Å²) in [5.41, 5.74) is 5.84. The first-order valence-electron chi connectivity index (χ1n) is 11.8. The highest BCUT2D eigenvalue weighted by Crippen LogP contribution is 2.34. The van der Waals surface area contributed by atoms with Crippen molar-refractivity contribution in [3.63, 3.8) is 0 Å². The number of ether oxygens (including phenoxy) is 1. The lowest BCUT2D eigenvalue weighted by molar-refractivity contribution is 0.419. The summed E-state index contributed by atoms with van der Waals surface area (Å²) in [4.78, 5) is 17.0. The van der Waals surface area contributed by atoms with Crippen molar-refractivity contribution in [3.05, 3.63) is 65.5 Å². The molecule has 178 valence electrons. The van der Waals surface area contributed by atoms with Gasteiger partial charge in [0.2, 0.25) is 5.95 Å². The number of H-pyrrole nitrogens is 1. The Balaban J connectivity index is 1.40. The number of fused-ring (bicyclic) bond motifs is 4. The maximum atomic E-state index is 13.9. The van der Waals surface area contributed by atoms with Gasteiger partial charge in [-0.3, -0.25) is 4.98 Å². The fourth-order valence-corrected chi connectivity index (χ4v) is 4.95. The summed E-state index contributed by atoms with van der Waals surface area (Å²) < 4.78 is 21.2. The monoisotopic (exact) mass is 471 g/mol. The minimum absolute atomic E-state index is 0.149. The maximum absolute atomic E-state index is 13.9. The van der Waals surface area contributed by atoms with Gasteiger partial charge in [0.05, 0.1) is 25.0 Å². The van der Waals surface area contributed by atoms with Crippen LogP contribution >= 0.6 is 0 Å². The molecule has 0 fully saturated rings. The normalized spacial score (nSPS) is 15.6. The summed E-state index contributed by atoms with van der Waals surface area (Å²) in [6.07, 6.45) is 7.27. The fraction of sp³-hybridized carbons (Fsp3) is 0.308. The SMILES string of the molecule is COc1cccc2c3c([nH]c12)CC[C@H](Nc1nc(-c2cncc(F)c2)nc2c(C(C)C)cnn12)C3. The Bertz CT molecular complexity index is 1550. The molecule has 0 bridgehead atoms. The topological polar surface area (TPSA) is 93.0 Å². The zero-order chi connectivity index (χ0) is 24.1. The number of aromatic amines is 1. The summed E-state index contributed by atoms with van der Waals surface area (Å²) in [6.45, 7) is 4.20. The Hall–Kier alpha value is -4.01. The Morgan fingerprint density at radius 3 is 2.89 bits per heavy atom. The van der Waals surface area contributed by atoms with Crippen molar-refractivity contribution in [3.8, 4) is 17.1 Å². The fourth-order valence-electron chi connectivity index (χ4n) is 4.95. The Kier molecular flexibility index (Phi) is 5.12. The van der Waals surface area contributed by atoms with Crippen molar-refractivity contribution in [2.75, 3.05) is 12.4 Å². The van der Waals surface area contributed by atoms with Crippen LogP contribution in [0.5, 0.6) is 5.75 Å². The molecular formula is C26H26FN7O. The molecule has 1 aliphatic rings. The number of para-hydroxylation sites is 1. The third kappa shape index (κ3) is 3.67. The number of nitrogens with zero attached hydrogens (tertiary/aromatic N) is 5. The smallest absolute Gasteiger partial charge is 0.228 e. The number of aromatic nitrogens is 6. The van der Waals surface area contributed by atoms with Gasteiger partial charge in [0.1, 0.15) is 11.6 Å². The summed E-state index contributed by atoms with van der Waals surface area (Å²) in [6, 6.07) is 7.69. The summed E-state index contributed by atoms with van der Waals surface area (Å²) >= 11 is 0. The average Bonchev–Trinajstić information content (AvgIpc) is 3.45. The van der Waals surface area contributed by atoms with E-state index in [4.69, 9.17) is 14.7 Å². The van der Waals surface area contributed by atoms with E-state index in [0.717, 1.165) is 36.1 Å². The van der Waals surface area contributed by atoms with Crippen molar-refractivity contribution >= 4 is 22.5 Å². The third-order valence-electron chi connectivity index (χ3n) is 6.72. The molecule has 8 nitrogen and oxygen atoms in total. The number of methoxy groups -OCH3 is 1. The van der Waals surface area contributed by atoms with E-state index in [-0.39, 0.29) is 12.0 Å². The number of hydrogen-bond acceptors (Lipinski definition) is 6. The van der Waals surface area contributed by atoms with E-state index >= 15 is 0 Å². The van der Waals surface area contributed by atoms with Gasteiger partial charge in [-0.25, -0.2) is 9.37 Å². The molecule has 9 heteroatoms. The van der Waals surface area contributed by atoms with E-state index in [2.05, 4.69) is 40.3 Å². The number of anilines is 1. The summed E-state index contributed by atoms with van der Waals surface area (Å²) in [5.74, 6) is 1.67. The van der Waals surface area contributed by atoms with Gasteiger partial charge in [-0.15, -0.1) is 0 Å². The number of benzene rings is 1. The lowest BCUT2D eigenvalue weighted by atomic mass is 9.91. The Labute approximate surface area is 201 Å². The molecule has 0 aliphatic heterocycles. The molecule has 2 N–H and O–H groups in total. The van der Waals surface area contributed by atoms with E-state index in [1.807, 2.05) is 18.3 Å². The van der Waals surface area contributed by atoms with E-state index in [9.17, 15) is 4.39 Å². The molecule has 5 aromatic rings. The number of nitrogens with one attached hydrogen (secondary N) is 2. The molecule has 0 spiro atoms. The third-order valence-corrected chi connectivity index (χ3v) is 6.72.